The number of nitrogens with zero attached hydrogens (tertiary/aromatic N) is 1. The van der Waals surface area contributed by atoms with E-state index >= 15 is 0 Å². The van der Waals surface area contributed by atoms with E-state index in [9.17, 15) is 4.79 Å². The number of benzene rings is 1. The number of fused-ring (bicyclic) bond motifs is 3. The van der Waals surface area contributed by atoms with Crippen LogP contribution in [0.2, 0.25) is 0 Å². The predicted octanol–water partition coefficient (Wildman–Crippen LogP) is -1.000. The Kier molecular flexibility index (Phi) is 3.55. The van der Waals surface area contributed by atoms with Crippen molar-refractivity contribution in [1.29, 1.82) is 0 Å². The van der Waals surface area contributed by atoms with E-state index in [0.29, 0.717) is 11.7 Å². The molecule has 0 unspecified atom stereocenters. The molecule has 2 bridgehead atoms. The summed E-state index contributed by atoms with van der Waals surface area (Å²) in [6, 6.07) is 10.6. The van der Waals surface area contributed by atoms with Crippen molar-refractivity contribution < 1.29 is 21.7 Å². The Morgan fingerprint density at radius 2 is 1.76 bits per heavy atom. The summed E-state index contributed by atoms with van der Waals surface area (Å²) in [7, 11) is 0. The lowest BCUT2D eigenvalue weighted by Crippen LogP contribution is -3.00. The number of carbonyl (C=O) groups is 1. The number of quaternary nitrogens is 1. The molecule has 1 aromatic carbocycles. The second-order valence-electron chi connectivity index (χ2n) is 5.33. The van der Waals surface area contributed by atoms with Crippen LogP contribution < -0.4 is 12.4 Å². The number of hydrogen-bond acceptors (Lipinski definition) is 1. The van der Waals surface area contributed by atoms with Gasteiger partial charge in [0.1, 0.15) is 13.1 Å². The Balaban J connectivity index is 0.00000108. The lowest BCUT2D eigenvalue weighted by atomic mass is 9.84. The van der Waals surface area contributed by atoms with Crippen LogP contribution in [0.5, 0.6) is 0 Å². The summed E-state index contributed by atoms with van der Waals surface area (Å²) in [5.41, 5.74) is 1.37. The van der Waals surface area contributed by atoms with Crippen LogP contribution in [0.1, 0.15) is 18.4 Å². The molecule has 0 atom stereocenters. The van der Waals surface area contributed by atoms with E-state index in [1.807, 2.05) is 0 Å². The molecule has 0 N–H and O–H groups in total. The first-order chi connectivity index (χ1) is 7.77. The molecule has 4 rings (SSSR count). The van der Waals surface area contributed by atoms with Crippen molar-refractivity contribution in [1.82, 2.24) is 0 Å². The molecule has 3 aliphatic rings. The molecule has 3 aliphatic heterocycles. The first kappa shape index (κ1) is 12.6. The van der Waals surface area contributed by atoms with Gasteiger partial charge >= 0.3 is 0 Å². The molecule has 0 radical (unpaired) electrons. The summed E-state index contributed by atoms with van der Waals surface area (Å²) in [4.78, 5) is 11.8. The van der Waals surface area contributed by atoms with Crippen LogP contribution in [0.4, 0.5) is 0 Å². The highest BCUT2D eigenvalue weighted by atomic mass is 35.5. The SMILES string of the molecule is O=C1C[N+]2(Cc3ccccc3)CCC1CC2.[Cl-]. The minimum Gasteiger partial charge on any atom is -1.00 e. The van der Waals surface area contributed by atoms with E-state index < -0.39 is 0 Å². The van der Waals surface area contributed by atoms with Gasteiger partial charge in [-0.3, -0.25) is 4.79 Å². The van der Waals surface area contributed by atoms with Crippen LogP contribution >= 0.6 is 0 Å². The average Bonchev–Trinajstić information content (AvgIpc) is 2.31. The molecule has 3 saturated heterocycles. The van der Waals surface area contributed by atoms with Gasteiger partial charge in [-0.05, 0) is 0 Å². The Morgan fingerprint density at radius 1 is 1.12 bits per heavy atom. The Bertz CT molecular complexity index is 396. The van der Waals surface area contributed by atoms with Crippen molar-refractivity contribution >= 4 is 5.78 Å². The Morgan fingerprint density at radius 3 is 2.35 bits per heavy atom. The molecule has 1 aromatic rings. The lowest BCUT2D eigenvalue weighted by molar-refractivity contribution is -0.943. The van der Waals surface area contributed by atoms with Crippen LogP contribution in [0.3, 0.4) is 0 Å². The van der Waals surface area contributed by atoms with Crippen molar-refractivity contribution in [2.24, 2.45) is 5.92 Å². The van der Waals surface area contributed by atoms with Crippen LogP contribution in [-0.4, -0.2) is 29.9 Å². The van der Waals surface area contributed by atoms with Crippen molar-refractivity contribution in [3.8, 4) is 0 Å². The van der Waals surface area contributed by atoms with Gasteiger partial charge in [-0.2, -0.15) is 0 Å². The number of Topliss-reactive ketones (excluding diaryl/α,β-unsaturated/α-hetero) is 1. The number of piperidine rings is 3. The fourth-order valence-corrected chi connectivity index (χ4v) is 3.24. The second-order valence-corrected chi connectivity index (χ2v) is 5.33. The van der Waals surface area contributed by atoms with Crippen LogP contribution in [0.25, 0.3) is 0 Å². The van der Waals surface area contributed by atoms with E-state index in [0.717, 1.165) is 30.4 Å². The van der Waals surface area contributed by atoms with Crippen molar-refractivity contribution in [3.63, 3.8) is 0 Å². The largest absolute Gasteiger partial charge is 1.00 e. The number of rotatable bonds is 2. The van der Waals surface area contributed by atoms with Gasteiger partial charge in [0.25, 0.3) is 0 Å². The molecule has 0 spiro atoms. The third-order valence-electron chi connectivity index (χ3n) is 4.21. The molecule has 3 heterocycles. The topological polar surface area (TPSA) is 17.1 Å². The van der Waals surface area contributed by atoms with Gasteiger partial charge in [0, 0.05) is 24.3 Å². The number of ketones is 1. The van der Waals surface area contributed by atoms with Gasteiger partial charge in [0.2, 0.25) is 0 Å². The number of halogens is 1. The third kappa shape index (κ3) is 2.38. The zero-order chi connectivity index (χ0) is 11.0. The van der Waals surface area contributed by atoms with Gasteiger partial charge in [-0.25, -0.2) is 0 Å². The molecule has 2 nitrogen and oxygen atoms in total. The molecular formula is C14H18ClNO. The van der Waals surface area contributed by atoms with E-state index in [-0.39, 0.29) is 12.4 Å². The Labute approximate surface area is 109 Å². The summed E-state index contributed by atoms with van der Waals surface area (Å²) >= 11 is 0. The van der Waals surface area contributed by atoms with Crippen LogP contribution in [0, 0.1) is 5.92 Å². The normalized spacial score (nSPS) is 31.1. The van der Waals surface area contributed by atoms with Gasteiger partial charge in [-0.1, -0.05) is 30.3 Å². The maximum Gasteiger partial charge on any atom is 0.190 e. The predicted molar refractivity (Wildman–Crippen MR) is 62.7 cm³/mol. The summed E-state index contributed by atoms with van der Waals surface area (Å²) in [6.45, 7) is 4.22. The smallest absolute Gasteiger partial charge is 0.190 e. The molecule has 3 fully saturated rings. The monoisotopic (exact) mass is 251 g/mol. The maximum atomic E-state index is 11.8. The summed E-state index contributed by atoms with van der Waals surface area (Å²) in [5.74, 6) is 0.907. The molecular weight excluding hydrogens is 234 g/mol. The highest BCUT2D eigenvalue weighted by Crippen LogP contribution is 2.32. The molecule has 92 valence electrons. The molecule has 3 heteroatoms. The zero-order valence-electron chi connectivity index (χ0n) is 9.94. The lowest BCUT2D eigenvalue weighted by Gasteiger charge is -2.48. The Hall–Kier alpha value is -0.860. The summed E-state index contributed by atoms with van der Waals surface area (Å²) in [6.07, 6.45) is 2.23. The molecule has 0 saturated carbocycles. The van der Waals surface area contributed by atoms with E-state index in [4.69, 9.17) is 0 Å². The minimum atomic E-state index is 0. The molecule has 0 aliphatic carbocycles. The second kappa shape index (κ2) is 4.79. The zero-order valence-corrected chi connectivity index (χ0v) is 10.7. The minimum absolute atomic E-state index is 0. The first-order valence-corrected chi connectivity index (χ1v) is 6.19. The first-order valence-electron chi connectivity index (χ1n) is 6.19. The fraction of sp³-hybridized carbons (Fsp3) is 0.500. The van der Waals surface area contributed by atoms with Gasteiger partial charge in [0.05, 0.1) is 13.1 Å². The van der Waals surface area contributed by atoms with E-state index in [2.05, 4.69) is 30.3 Å². The van der Waals surface area contributed by atoms with Crippen molar-refractivity contribution in [2.45, 2.75) is 19.4 Å². The number of carbonyl (C=O) groups excluding carboxylic acids is 1. The van der Waals surface area contributed by atoms with Crippen LogP contribution in [-0.2, 0) is 11.3 Å². The van der Waals surface area contributed by atoms with Crippen LogP contribution in [0.15, 0.2) is 30.3 Å². The van der Waals surface area contributed by atoms with Gasteiger partial charge < -0.3 is 16.9 Å². The molecule has 0 aromatic heterocycles. The van der Waals surface area contributed by atoms with Crippen molar-refractivity contribution in [2.75, 3.05) is 19.6 Å². The molecule has 0 amide bonds. The van der Waals surface area contributed by atoms with Crippen molar-refractivity contribution in [3.05, 3.63) is 35.9 Å². The fourth-order valence-electron chi connectivity index (χ4n) is 3.24. The molecule has 17 heavy (non-hydrogen) atoms. The highest BCUT2D eigenvalue weighted by molar-refractivity contribution is 5.83. The number of hydrogen-bond donors (Lipinski definition) is 0. The summed E-state index contributed by atoms with van der Waals surface area (Å²) < 4.78 is 1.01. The van der Waals surface area contributed by atoms with Gasteiger partial charge in [-0.15, -0.1) is 0 Å². The highest BCUT2D eigenvalue weighted by Gasteiger charge is 2.44. The standard InChI is InChI=1S/C14H18NO.ClH/c16-14-11-15(8-6-13(14)7-9-15)10-12-4-2-1-3-5-12;/h1-5,13H,6-11H2;1H/q+1;/p-1. The van der Waals surface area contributed by atoms with Gasteiger partial charge in [0.15, 0.2) is 5.78 Å². The summed E-state index contributed by atoms with van der Waals surface area (Å²) in [5, 5.41) is 0. The van der Waals surface area contributed by atoms with E-state index in [1.165, 1.54) is 18.7 Å². The van der Waals surface area contributed by atoms with E-state index in [1.54, 1.807) is 0 Å². The quantitative estimate of drug-likeness (QED) is 0.617. The maximum absolute atomic E-state index is 11.8. The average molecular weight is 252 g/mol. The third-order valence-corrected chi connectivity index (χ3v) is 4.21.